The molecule has 1 atom stereocenters. The first-order valence-electron chi connectivity index (χ1n) is 10.1. The van der Waals surface area contributed by atoms with Crippen LogP contribution in [-0.4, -0.2) is 60.9 Å². The first-order valence-corrected chi connectivity index (χ1v) is 11.9. The minimum absolute atomic E-state index is 0.00267. The molecule has 1 aliphatic rings. The van der Waals surface area contributed by atoms with Gasteiger partial charge in [-0.2, -0.15) is 0 Å². The van der Waals surface area contributed by atoms with Gasteiger partial charge in [0.1, 0.15) is 0 Å². The van der Waals surface area contributed by atoms with Crippen molar-refractivity contribution in [3.63, 3.8) is 0 Å². The number of para-hydroxylation sites is 1. The first kappa shape index (κ1) is 21.4. The summed E-state index contributed by atoms with van der Waals surface area (Å²) in [5, 5.41) is 1.15. The first-order chi connectivity index (χ1) is 13.9. The molecule has 1 aliphatic heterocycles. The van der Waals surface area contributed by atoms with Gasteiger partial charge in [-0.05, 0) is 37.3 Å². The van der Waals surface area contributed by atoms with Gasteiger partial charge in [0.25, 0.3) is 5.91 Å². The third-order valence-corrected chi connectivity index (χ3v) is 7.04. The molecular formula is C21H28N2O5S. The van der Waals surface area contributed by atoms with Crippen LogP contribution in [0.15, 0.2) is 30.5 Å². The van der Waals surface area contributed by atoms with E-state index >= 15 is 0 Å². The van der Waals surface area contributed by atoms with Crippen LogP contribution in [0.3, 0.4) is 0 Å². The van der Waals surface area contributed by atoms with Crippen LogP contribution < -0.4 is 0 Å². The lowest BCUT2D eigenvalue weighted by atomic mass is 10.1. The highest BCUT2D eigenvalue weighted by atomic mass is 32.2. The van der Waals surface area contributed by atoms with Crippen LogP contribution >= 0.6 is 0 Å². The van der Waals surface area contributed by atoms with Crippen molar-refractivity contribution in [3.8, 4) is 0 Å². The van der Waals surface area contributed by atoms with E-state index in [1.165, 1.54) is 0 Å². The number of carbonyl (C=O) groups is 2. The van der Waals surface area contributed by atoms with Crippen molar-refractivity contribution in [2.24, 2.45) is 0 Å². The number of aromatic nitrogens is 1. The summed E-state index contributed by atoms with van der Waals surface area (Å²) in [6, 6.07) is 7.70. The molecule has 0 bridgehead atoms. The molecule has 0 saturated carbocycles. The third-order valence-electron chi connectivity index (χ3n) is 5.29. The van der Waals surface area contributed by atoms with Gasteiger partial charge in [-0.3, -0.25) is 9.59 Å². The van der Waals surface area contributed by atoms with Crippen molar-refractivity contribution in [1.82, 2.24) is 9.88 Å². The van der Waals surface area contributed by atoms with Crippen LogP contribution in [0.5, 0.6) is 0 Å². The SMILES string of the molecule is CCCN(C(=O)COC(=O)CCCc1c[nH]c2ccccc12)[C@H]1CCS(=O)(=O)C1. The van der Waals surface area contributed by atoms with Crippen LogP contribution in [0.1, 0.15) is 38.2 Å². The van der Waals surface area contributed by atoms with E-state index in [1.807, 2.05) is 37.4 Å². The molecule has 2 heterocycles. The second kappa shape index (κ2) is 9.43. The predicted octanol–water partition coefficient (Wildman–Crippen LogP) is 2.46. The highest BCUT2D eigenvalue weighted by Crippen LogP contribution is 2.20. The Morgan fingerprint density at radius 2 is 2.07 bits per heavy atom. The number of hydrogen-bond donors (Lipinski definition) is 1. The molecule has 0 aliphatic carbocycles. The minimum atomic E-state index is -3.08. The van der Waals surface area contributed by atoms with Gasteiger partial charge in [0, 0.05) is 36.1 Å². The Kier molecular flexibility index (Phi) is 6.95. The third kappa shape index (κ3) is 5.59. The topological polar surface area (TPSA) is 96.5 Å². The molecule has 158 valence electrons. The zero-order chi connectivity index (χ0) is 20.9. The van der Waals surface area contributed by atoms with E-state index in [1.54, 1.807) is 4.90 Å². The number of sulfone groups is 1. The number of nitrogens with one attached hydrogen (secondary N) is 1. The average molecular weight is 421 g/mol. The highest BCUT2D eigenvalue weighted by molar-refractivity contribution is 7.91. The number of carbonyl (C=O) groups excluding carboxylic acids is 2. The van der Waals surface area contributed by atoms with E-state index in [0.717, 1.165) is 29.3 Å². The molecule has 1 aromatic carbocycles. The van der Waals surface area contributed by atoms with E-state index in [4.69, 9.17) is 4.74 Å². The fourth-order valence-electron chi connectivity index (χ4n) is 3.83. The molecule has 2 aromatic rings. The van der Waals surface area contributed by atoms with Gasteiger partial charge in [-0.1, -0.05) is 25.1 Å². The molecule has 1 aromatic heterocycles. The summed E-state index contributed by atoms with van der Waals surface area (Å²) in [5.41, 5.74) is 2.22. The number of hydrogen-bond acceptors (Lipinski definition) is 5. The molecule has 0 radical (unpaired) electrons. The zero-order valence-electron chi connectivity index (χ0n) is 16.7. The van der Waals surface area contributed by atoms with Gasteiger partial charge >= 0.3 is 5.97 Å². The Morgan fingerprint density at radius 3 is 2.79 bits per heavy atom. The maximum Gasteiger partial charge on any atom is 0.306 e. The molecule has 1 amide bonds. The molecule has 29 heavy (non-hydrogen) atoms. The maximum absolute atomic E-state index is 12.5. The van der Waals surface area contributed by atoms with Gasteiger partial charge in [-0.15, -0.1) is 0 Å². The lowest BCUT2D eigenvalue weighted by Crippen LogP contribution is -2.43. The van der Waals surface area contributed by atoms with Gasteiger partial charge in [0.2, 0.25) is 0 Å². The predicted molar refractivity (Wildman–Crippen MR) is 111 cm³/mol. The second-order valence-electron chi connectivity index (χ2n) is 7.52. The van der Waals surface area contributed by atoms with E-state index in [-0.39, 0.29) is 36.5 Å². The summed E-state index contributed by atoms with van der Waals surface area (Å²) < 4.78 is 28.6. The standard InChI is InChI=1S/C21H28N2O5S/c1-2-11-23(17-10-12-29(26,27)15-17)20(24)14-28-21(25)9-5-6-16-13-22-19-8-4-3-7-18(16)19/h3-4,7-8,13,17,22H,2,5-6,9-12,14-15H2,1H3/t17-/m0/s1. The Bertz CT molecular complexity index is 966. The number of ether oxygens (including phenoxy) is 1. The number of rotatable bonds is 9. The van der Waals surface area contributed by atoms with Crippen molar-refractivity contribution in [2.75, 3.05) is 24.7 Å². The highest BCUT2D eigenvalue weighted by Gasteiger charge is 2.34. The number of benzene rings is 1. The van der Waals surface area contributed by atoms with Crippen LogP contribution in [0.2, 0.25) is 0 Å². The van der Waals surface area contributed by atoms with Crippen LogP contribution in [0.4, 0.5) is 0 Å². The number of amides is 1. The largest absolute Gasteiger partial charge is 0.456 e. The number of nitrogens with zero attached hydrogens (tertiary/aromatic N) is 1. The van der Waals surface area contributed by atoms with Gasteiger partial charge in [-0.25, -0.2) is 8.42 Å². The number of H-pyrrole nitrogens is 1. The number of esters is 1. The van der Waals surface area contributed by atoms with Crippen LogP contribution in [0.25, 0.3) is 10.9 Å². The molecule has 3 rings (SSSR count). The molecular weight excluding hydrogens is 392 g/mol. The fraction of sp³-hybridized carbons (Fsp3) is 0.524. The summed E-state index contributed by atoms with van der Waals surface area (Å²) in [4.78, 5) is 29.3. The fourth-order valence-corrected chi connectivity index (χ4v) is 5.56. The summed E-state index contributed by atoms with van der Waals surface area (Å²) in [7, 11) is -3.08. The summed E-state index contributed by atoms with van der Waals surface area (Å²) in [5.74, 6) is -0.622. The number of fused-ring (bicyclic) bond motifs is 1. The van der Waals surface area contributed by atoms with Crippen LogP contribution in [-0.2, 0) is 30.6 Å². The van der Waals surface area contributed by atoms with E-state index in [9.17, 15) is 18.0 Å². The Balaban J connectivity index is 1.44. The minimum Gasteiger partial charge on any atom is -0.456 e. The van der Waals surface area contributed by atoms with Gasteiger partial charge in [0.05, 0.1) is 11.5 Å². The Labute approximate surface area is 171 Å². The van der Waals surface area contributed by atoms with Crippen molar-refractivity contribution < 1.29 is 22.7 Å². The summed E-state index contributed by atoms with van der Waals surface area (Å²) in [6.45, 7) is 2.07. The summed E-state index contributed by atoms with van der Waals surface area (Å²) >= 11 is 0. The van der Waals surface area contributed by atoms with Crippen molar-refractivity contribution in [2.45, 2.75) is 45.1 Å². The van der Waals surface area contributed by atoms with Crippen molar-refractivity contribution >= 4 is 32.6 Å². The molecule has 1 saturated heterocycles. The van der Waals surface area contributed by atoms with Gasteiger partial charge < -0.3 is 14.6 Å². The van der Waals surface area contributed by atoms with Crippen LogP contribution in [0, 0.1) is 0 Å². The number of aryl methyl sites for hydroxylation is 1. The van der Waals surface area contributed by atoms with E-state index < -0.39 is 15.8 Å². The summed E-state index contributed by atoms with van der Waals surface area (Å²) in [6.07, 6.45) is 4.74. The normalized spacial score (nSPS) is 18.0. The monoisotopic (exact) mass is 420 g/mol. The van der Waals surface area contributed by atoms with Crippen molar-refractivity contribution in [3.05, 3.63) is 36.0 Å². The zero-order valence-corrected chi connectivity index (χ0v) is 17.5. The average Bonchev–Trinajstić information content (AvgIpc) is 3.27. The molecule has 8 heteroatoms. The Morgan fingerprint density at radius 1 is 1.28 bits per heavy atom. The maximum atomic E-state index is 12.5. The molecule has 1 fully saturated rings. The lowest BCUT2D eigenvalue weighted by molar-refractivity contribution is -0.153. The number of aromatic amines is 1. The Hall–Kier alpha value is -2.35. The molecule has 7 nitrogen and oxygen atoms in total. The van der Waals surface area contributed by atoms with E-state index in [2.05, 4.69) is 4.98 Å². The molecule has 0 spiro atoms. The van der Waals surface area contributed by atoms with E-state index in [0.29, 0.717) is 19.4 Å². The van der Waals surface area contributed by atoms with Gasteiger partial charge in [0.15, 0.2) is 16.4 Å². The quantitative estimate of drug-likeness (QED) is 0.629. The smallest absolute Gasteiger partial charge is 0.306 e. The molecule has 0 unspecified atom stereocenters. The van der Waals surface area contributed by atoms with Crippen molar-refractivity contribution in [1.29, 1.82) is 0 Å². The lowest BCUT2D eigenvalue weighted by Gasteiger charge is -2.27. The second-order valence-corrected chi connectivity index (χ2v) is 9.75. The molecule has 1 N–H and O–H groups in total.